The third kappa shape index (κ3) is 4.30. The van der Waals surface area contributed by atoms with Crippen LogP contribution in [0.25, 0.3) is 0 Å². The Morgan fingerprint density at radius 3 is 2.48 bits per heavy atom. The summed E-state index contributed by atoms with van der Waals surface area (Å²) in [6.07, 6.45) is 1.22. The molecule has 132 valence electrons. The van der Waals surface area contributed by atoms with Gasteiger partial charge in [0, 0.05) is 25.0 Å². The predicted octanol–water partition coefficient (Wildman–Crippen LogP) is 2.05. The Balaban J connectivity index is 2.47. The monoisotopic (exact) mass is 360 g/mol. The van der Waals surface area contributed by atoms with E-state index in [1.165, 1.54) is 6.20 Å². The molecule has 0 amide bonds. The molecule has 25 heavy (non-hydrogen) atoms. The first-order valence-corrected chi connectivity index (χ1v) is 9.42. The Labute approximate surface area is 148 Å². The highest BCUT2D eigenvalue weighted by molar-refractivity contribution is 7.92. The van der Waals surface area contributed by atoms with Crippen LogP contribution in [0, 0.1) is 22.7 Å². The van der Waals surface area contributed by atoms with E-state index in [1.807, 2.05) is 0 Å². The van der Waals surface area contributed by atoms with E-state index in [-0.39, 0.29) is 10.5 Å². The third-order valence-electron chi connectivity index (χ3n) is 3.88. The van der Waals surface area contributed by atoms with E-state index < -0.39 is 15.1 Å². The van der Waals surface area contributed by atoms with Gasteiger partial charge in [0.2, 0.25) is 0 Å². The van der Waals surface area contributed by atoms with Crippen LogP contribution in [-0.2, 0) is 14.6 Å². The Morgan fingerprint density at radius 1 is 1.28 bits per heavy atom. The number of sulfone groups is 1. The van der Waals surface area contributed by atoms with Gasteiger partial charge in [0.1, 0.15) is 17.7 Å². The van der Waals surface area contributed by atoms with Gasteiger partial charge in [0.15, 0.2) is 9.84 Å². The van der Waals surface area contributed by atoms with Gasteiger partial charge in [0.25, 0.3) is 0 Å². The summed E-state index contributed by atoms with van der Waals surface area (Å²) in [5.41, 5.74) is 1.07. The Hall–Kier alpha value is -2.55. The zero-order valence-corrected chi connectivity index (χ0v) is 15.0. The van der Waals surface area contributed by atoms with E-state index in [2.05, 4.69) is 10.2 Å². The molecule has 0 aliphatic carbocycles. The number of anilines is 2. The number of benzene rings is 1. The second-order valence-corrected chi connectivity index (χ2v) is 8.27. The molecule has 1 aliphatic heterocycles. The molecule has 1 aromatic carbocycles. The number of hydrogen-bond donors (Lipinski definition) is 1. The topological polar surface area (TPSA) is 106 Å². The molecule has 1 fully saturated rings. The van der Waals surface area contributed by atoms with Crippen molar-refractivity contribution in [1.29, 1.82) is 10.5 Å². The second kappa shape index (κ2) is 8.02. The zero-order valence-electron chi connectivity index (χ0n) is 14.2. The van der Waals surface area contributed by atoms with Gasteiger partial charge in [-0.1, -0.05) is 0 Å². The van der Waals surface area contributed by atoms with E-state index in [0.29, 0.717) is 32.0 Å². The highest BCUT2D eigenvalue weighted by Gasteiger charge is 2.24. The summed E-state index contributed by atoms with van der Waals surface area (Å²) in [5, 5.41) is 19.9. The fourth-order valence-electron chi connectivity index (χ4n) is 2.39. The number of morpholine rings is 1. The van der Waals surface area contributed by atoms with Crippen LogP contribution in [0.5, 0.6) is 0 Å². The molecular weight excluding hydrogens is 340 g/mol. The standard InChI is InChI=1S/C17H20N4O3S/c1-13(2)25(22,23)17-4-3-15(21-5-7-24-8-6-21)9-16(17)20-12-14(10-18)11-19/h3-4,9,12-13,20H,5-8H2,1-2H3. The lowest BCUT2D eigenvalue weighted by atomic mass is 10.2. The minimum absolute atomic E-state index is 0.135. The number of nitrogens with one attached hydrogen (secondary N) is 1. The number of ether oxygens (including phenoxy) is 1. The van der Waals surface area contributed by atoms with Crippen molar-refractivity contribution in [2.45, 2.75) is 24.0 Å². The summed E-state index contributed by atoms with van der Waals surface area (Å²) < 4.78 is 30.5. The van der Waals surface area contributed by atoms with Crippen LogP contribution in [0.1, 0.15) is 13.8 Å². The summed E-state index contributed by atoms with van der Waals surface area (Å²) in [7, 11) is -3.52. The van der Waals surface area contributed by atoms with Crippen LogP contribution < -0.4 is 10.2 Å². The van der Waals surface area contributed by atoms with Crippen molar-refractivity contribution in [2.75, 3.05) is 36.5 Å². The molecule has 1 aromatic rings. The highest BCUT2D eigenvalue weighted by Crippen LogP contribution is 2.30. The molecule has 0 unspecified atom stereocenters. The molecule has 0 radical (unpaired) electrons. The molecule has 0 aromatic heterocycles. The largest absolute Gasteiger partial charge is 0.378 e. The average molecular weight is 360 g/mol. The molecule has 1 heterocycles. The lowest BCUT2D eigenvalue weighted by molar-refractivity contribution is 0.122. The molecule has 0 bridgehead atoms. The number of nitrogens with zero attached hydrogens (tertiary/aromatic N) is 3. The van der Waals surface area contributed by atoms with Crippen molar-refractivity contribution in [2.24, 2.45) is 0 Å². The van der Waals surface area contributed by atoms with Gasteiger partial charge in [-0.15, -0.1) is 0 Å². The minimum atomic E-state index is -3.52. The normalized spacial score (nSPS) is 14.5. The van der Waals surface area contributed by atoms with Crippen LogP contribution in [-0.4, -0.2) is 40.0 Å². The van der Waals surface area contributed by atoms with Gasteiger partial charge in [-0.2, -0.15) is 10.5 Å². The van der Waals surface area contributed by atoms with Crippen molar-refractivity contribution in [1.82, 2.24) is 0 Å². The van der Waals surface area contributed by atoms with Crippen molar-refractivity contribution >= 4 is 21.2 Å². The molecule has 1 aliphatic rings. The third-order valence-corrected chi connectivity index (χ3v) is 6.09. The number of hydrogen-bond acceptors (Lipinski definition) is 7. The summed E-state index contributed by atoms with van der Waals surface area (Å²) >= 11 is 0. The summed E-state index contributed by atoms with van der Waals surface area (Å²) in [6, 6.07) is 8.54. The smallest absolute Gasteiger partial charge is 0.182 e. The predicted molar refractivity (Wildman–Crippen MR) is 94.7 cm³/mol. The number of allylic oxidation sites excluding steroid dienone is 1. The first-order chi connectivity index (χ1) is 11.9. The number of nitriles is 2. The van der Waals surface area contributed by atoms with Crippen molar-refractivity contribution in [3.8, 4) is 12.1 Å². The van der Waals surface area contributed by atoms with E-state index >= 15 is 0 Å². The quantitative estimate of drug-likeness (QED) is 0.801. The molecule has 1 saturated heterocycles. The highest BCUT2D eigenvalue weighted by atomic mass is 32.2. The van der Waals surface area contributed by atoms with Crippen molar-refractivity contribution in [3.63, 3.8) is 0 Å². The summed E-state index contributed by atoms with van der Waals surface area (Å²) in [5.74, 6) is 0. The Kier molecular flexibility index (Phi) is 6.02. The Bertz CT molecular complexity index is 826. The van der Waals surface area contributed by atoms with Crippen LogP contribution in [0.2, 0.25) is 0 Å². The van der Waals surface area contributed by atoms with E-state index in [1.54, 1.807) is 44.2 Å². The maximum absolute atomic E-state index is 12.6. The molecule has 1 N–H and O–H groups in total. The fraction of sp³-hybridized carbons (Fsp3) is 0.412. The van der Waals surface area contributed by atoms with Gasteiger partial charge < -0.3 is 15.0 Å². The van der Waals surface area contributed by atoms with Crippen molar-refractivity contribution < 1.29 is 13.2 Å². The number of rotatable bonds is 5. The SMILES string of the molecule is CC(C)S(=O)(=O)c1ccc(N2CCOCC2)cc1NC=C(C#N)C#N. The molecular formula is C17H20N4O3S. The molecule has 7 nitrogen and oxygen atoms in total. The van der Waals surface area contributed by atoms with E-state index in [0.717, 1.165) is 5.69 Å². The van der Waals surface area contributed by atoms with Crippen LogP contribution >= 0.6 is 0 Å². The maximum atomic E-state index is 12.6. The van der Waals surface area contributed by atoms with Crippen LogP contribution in [0.15, 0.2) is 34.9 Å². The fourth-order valence-corrected chi connectivity index (χ4v) is 3.58. The van der Waals surface area contributed by atoms with Gasteiger partial charge in [-0.25, -0.2) is 8.42 Å². The lowest BCUT2D eigenvalue weighted by Gasteiger charge is -2.29. The van der Waals surface area contributed by atoms with Gasteiger partial charge in [-0.05, 0) is 32.0 Å². The van der Waals surface area contributed by atoms with Crippen molar-refractivity contribution in [3.05, 3.63) is 30.0 Å². The lowest BCUT2D eigenvalue weighted by Crippen LogP contribution is -2.36. The molecule has 0 spiro atoms. The molecule has 0 saturated carbocycles. The molecule has 0 atom stereocenters. The van der Waals surface area contributed by atoms with Crippen LogP contribution in [0.4, 0.5) is 11.4 Å². The first-order valence-electron chi connectivity index (χ1n) is 7.87. The summed E-state index contributed by atoms with van der Waals surface area (Å²) in [6.45, 7) is 5.88. The second-order valence-electron chi connectivity index (χ2n) is 5.80. The first kappa shape index (κ1) is 18.8. The average Bonchev–Trinajstić information content (AvgIpc) is 2.63. The molecule has 8 heteroatoms. The van der Waals surface area contributed by atoms with Crippen LogP contribution in [0.3, 0.4) is 0 Å². The summed E-state index contributed by atoms with van der Waals surface area (Å²) in [4.78, 5) is 2.24. The maximum Gasteiger partial charge on any atom is 0.182 e. The zero-order chi connectivity index (χ0) is 18.4. The van der Waals surface area contributed by atoms with E-state index in [9.17, 15) is 8.42 Å². The Morgan fingerprint density at radius 2 is 1.92 bits per heavy atom. The molecule has 2 rings (SSSR count). The van der Waals surface area contributed by atoms with Gasteiger partial charge in [0.05, 0.1) is 29.0 Å². The van der Waals surface area contributed by atoms with Gasteiger partial charge >= 0.3 is 0 Å². The minimum Gasteiger partial charge on any atom is -0.378 e. The van der Waals surface area contributed by atoms with Gasteiger partial charge in [-0.3, -0.25) is 0 Å². The van der Waals surface area contributed by atoms with E-state index in [4.69, 9.17) is 15.3 Å².